The van der Waals surface area contributed by atoms with Gasteiger partial charge in [-0.3, -0.25) is 4.79 Å². The number of hydrogen-bond acceptors (Lipinski definition) is 5. The van der Waals surface area contributed by atoms with Crippen LogP contribution in [0, 0.1) is 11.6 Å². The number of benzene rings is 1. The highest BCUT2D eigenvalue weighted by atomic mass is 32.1. The Kier molecular flexibility index (Phi) is 6.17. The molecule has 1 saturated carbocycles. The Morgan fingerprint density at radius 1 is 1.08 bits per heavy atom. The molecule has 36 heavy (non-hydrogen) atoms. The number of pyridine rings is 1. The van der Waals surface area contributed by atoms with E-state index < -0.39 is 11.6 Å². The van der Waals surface area contributed by atoms with Crippen LogP contribution in [-0.2, 0) is 0 Å². The van der Waals surface area contributed by atoms with Crippen molar-refractivity contribution >= 4 is 28.4 Å². The Hall–Kier alpha value is -3.33. The number of aromatic nitrogens is 3. The number of amides is 1. The van der Waals surface area contributed by atoms with E-state index in [0.717, 1.165) is 56.8 Å². The Labute approximate surface area is 212 Å². The molecule has 6 rings (SSSR count). The second kappa shape index (κ2) is 9.61. The number of halogens is 2. The van der Waals surface area contributed by atoms with Crippen LogP contribution in [0.5, 0.6) is 0 Å². The van der Waals surface area contributed by atoms with Gasteiger partial charge in [-0.05, 0) is 68.9 Å². The first kappa shape index (κ1) is 23.1. The van der Waals surface area contributed by atoms with Gasteiger partial charge in [0, 0.05) is 47.5 Å². The number of hydrogen-bond donors (Lipinski definition) is 1. The first-order valence-electron chi connectivity index (χ1n) is 12.5. The lowest BCUT2D eigenvalue weighted by Gasteiger charge is -2.28. The zero-order chi connectivity index (χ0) is 24.6. The minimum absolute atomic E-state index is 0.130. The van der Waals surface area contributed by atoms with Crippen LogP contribution in [0.25, 0.3) is 5.52 Å². The maximum Gasteiger partial charge on any atom is 0.255 e. The van der Waals surface area contributed by atoms with Crippen molar-refractivity contribution in [1.82, 2.24) is 19.9 Å². The van der Waals surface area contributed by atoms with Crippen LogP contribution >= 0.6 is 11.3 Å². The monoisotopic (exact) mass is 507 g/mol. The maximum absolute atomic E-state index is 14.5. The molecule has 2 aliphatic rings. The number of nitrogens with zero attached hydrogens (tertiary/aromatic N) is 4. The van der Waals surface area contributed by atoms with Gasteiger partial charge in [-0.15, -0.1) is 11.3 Å². The van der Waals surface area contributed by atoms with Crippen molar-refractivity contribution in [3.63, 3.8) is 0 Å². The Bertz CT molecular complexity index is 1380. The molecule has 0 spiro atoms. The number of rotatable bonds is 5. The lowest BCUT2D eigenvalue weighted by molar-refractivity contribution is 0.0927. The van der Waals surface area contributed by atoms with Gasteiger partial charge in [0.25, 0.3) is 5.91 Å². The molecule has 0 radical (unpaired) electrons. The van der Waals surface area contributed by atoms with Crippen molar-refractivity contribution in [2.45, 2.75) is 56.5 Å². The summed E-state index contributed by atoms with van der Waals surface area (Å²) in [5, 5.41) is 10.8. The first-order valence-corrected chi connectivity index (χ1v) is 13.3. The highest BCUT2D eigenvalue weighted by Gasteiger charge is 2.30. The smallest absolute Gasteiger partial charge is 0.255 e. The van der Waals surface area contributed by atoms with E-state index in [-0.39, 0.29) is 18.0 Å². The summed E-state index contributed by atoms with van der Waals surface area (Å²) in [6.45, 7) is 0.731. The average molecular weight is 508 g/mol. The van der Waals surface area contributed by atoms with Crippen LogP contribution < -0.4 is 10.2 Å². The maximum atomic E-state index is 14.5. The van der Waals surface area contributed by atoms with E-state index in [2.05, 4.69) is 20.3 Å². The summed E-state index contributed by atoms with van der Waals surface area (Å²) in [6.07, 6.45) is 10.8. The molecule has 0 bridgehead atoms. The highest BCUT2D eigenvalue weighted by molar-refractivity contribution is 7.09. The van der Waals surface area contributed by atoms with E-state index >= 15 is 0 Å². The molecule has 186 valence electrons. The summed E-state index contributed by atoms with van der Waals surface area (Å²) in [4.78, 5) is 19.8. The van der Waals surface area contributed by atoms with Crippen molar-refractivity contribution < 1.29 is 13.6 Å². The number of nitrogens with one attached hydrogen (secondary N) is 1. The van der Waals surface area contributed by atoms with Crippen molar-refractivity contribution in [1.29, 1.82) is 0 Å². The topological polar surface area (TPSA) is 62.5 Å². The molecular formula is C27H27F2N5OS. The van der Waals surface area contributed by atoms with Gasteiger partial charge >= 0.3 is 0 Å². The molecule has 3 aromatic heterocycles. The van der Waals surface area contributed by atoms with Gasteiger partial charge in [0.2, 0.25) is 0 Å². The third-order valence-corrected chi connectivity index (χ3v) is 8.45. The SMILES string of the molecule is O=C(NC1CCC(c2nccs2)CC1)c1cnn2ccc(N3CCCC3c3cc(F)ccc3F)cc12. The zero-order valence-corrected chi connectivity index (χ0v) is 20.6. The van der Waals surface area contributed by atoms with Crippen LogP contribution in [0.1, 0.15) is 71.4 Å². The van der Waals surface area contributed by atoms with E-state index in [1.165, 1.54) is 17.1 Å². The van der Waals surface area contributed by atoms with Gasteiger partial charge in [0.1, 0.15) is 11.6 Å². The lowest BCUT2D eigenvalue weighted by atomic mass is 9.86. The summed E-state index contributed by atoms with van der Waals surface area (Å²) >= 11 is 1.70. The minimum Gasteiger partial charge on any atom is -0.364 e. The third-order valence-electron chi connectivity index (χ3n) is 7.51. The molecule has 1 atom stereocenters. The van der Waals surface area contributed by atoms with E-state index in [1.807, 2.05) is 29.9 Å². The molecule has 9 heteroatoms. The standard InChI is InChI=1S/C27H27F2N5OS/c28-18-5-8-23(29)21(14-18)24-2-1-11-33(24)20-9-12-34-25(15-20)22(16-31-34)26(35)32-19-6-3-17(4-7-19)27-30-10-13-36-27/h5,8-10,12-17,19,24H,1-4,6-7,11H2,(H,32,35). The Morgan fingerprint density at radius 3 is 2.75 bits per heavy atom. The summed E-state index contributed by atoms with van der Waals surface area (Å²) in [5.74, 6) is -0.490. The van der Waals surface area contributed by atoms with Gasteiger partial charge in [-0.25, -0.2) is 18.3 Å². The number of thiazole rings is 1. The van der Waals surface area contributed by atoms with Crippen LogP contribution in [0.4, 0.5) is 14.5 Å². The Balaban J connectivity index is 1.20. The van der Waals surface area contributed by atoms with Crippen LogP contribution in [0.2, 0.25) is 0 Å². The first-order chi connectivity index (χ1) is 17.6. The summed E-state index contributed by atoms with van der Waals surface area (Å²) in [7, 11) is 0. The quantitative estimate of drug-likeness (QED) is 0.367. The minimum atomic E-state index is -0.441. The molecular weight excluding hydrogens is 480 g/mol. The van der Waals surface area contributed by atoms with Crippen molar-refractivity contribution in [3.8, 4) is 0 Å². The highest BCUT2D eigenvalue weighted by Crippen LogP contribution is 2.38. The summed E-state index contributed by atoms with van der Waals surface area (Å²) < 4.78 is 30.1. The van der Waals surface area contributed by atoms with Crippen LogP contribution in [0.3, 0.4) is 0 Å². The fraction of sp³-hybridized carbons (Fsp3) is 0.370. The van der Waals surface area contributed by atoms with E-state index in [4.69, 9.17) is 0 Å². The summed E-state index contributed by atoms with van der Waals surface area (Å²) in [6, 6.07) is 7.34. The molecule has 4 aromatic rings. The van der Waals surface area contributed by atoms with Gasteiger partial charge < -0.3 is 10.2 Å². The number of carbonyl (C=O) groups is 1. The van der Waals surface area contributed by atoms with E-state index in [1.54, 1.807) is 22.0 Å². The summed E-state index contributed by atoms with van der Waals surface area (Å²) in [5.41, 5.74) is 2.46. The van der Waals surface area contributed by atoms with E-state index in [9.17, 15) is 13.6 Å². The molecule has 1 saturated heterocycles. The fourth-order valence-corrected chi connectivity index (χ4v) is 6.49. The van der Waals surface area contributed by atoms with Gasteiger partial charge in [0.05, 0.1) is 28.3 Å². The zero-order valence-electron chi connectivity index (χ0n) is 19.7. The molecule has 1 N–H and O–H groups in total. The predicted octanol–water partition coefficient (Wildman–Crippen LogP) is 5.87. The molecule has 1 aliphatic heterocycles. The van der Waals surface area contributed by atoms with Gasteiger partial charge in [0.15, 0.2) is 0 Å². The second-order valence-electron chi connectivity index (χ2n) is 9.68. The molecule has 6 nitrogen and oxygen atoms in total. The average Bonchev–Trinajstić information content (AvgIpc) is 3.66. The molecule has 1 amide bonds. The van der Waals surface area contributed by atoms with Crippen molar-refractivity contribution in [2.24, 2.45) is 0 Å². The Morgan fingerprint density at radius 2 is 1.94 bits per heavy atom. The largest absolute Gasteiger partial charge is 0.364 e. The van der Waals surface area contributed by atoms with Gasteiger partial charge in [-0.2, -0.15) is 5.10 Å². The van der Waals surface area contributed by atoms with Gasteiger partial charge in [-0.1, -0.05) is 0 Å². The lowest BCUT2D eigenvalue weighted by Crippen LogP contribution is -2.37. The second-order valence-corrected chi connectivity index (χ2v) is 10.6. The number of anilines is 1. The number of carbonyl (C=O) groups excluding carboxylic acids is 1. The molecule has 1 aliphatic carbocycles. The van der Waals surface area contributed by atoms with Crippen LogP contribution in [0.15, 0.2) is 54.3 Å². The molecule has 1 aromatic carbocycles. The molecule has 2 fully saturated rings. The van der Waals surface area contributed by atoms with Crippen molar-refractivity contribution in [3.05, 3.63) is 82.1 Å². The number of fused-ring (bicyclic) bond motifs is 1. The fourth-order valence-electron chi connectivity index (χ4n) is 5.68. The predicted molar refractivity (Wildman–Crippen MR) is 135 cm³/mol. The van der Waals surface area contributed by atoms with Crippen LogP contribution in [-0.4, -0.2) is 33.1 Å². The normalized spacial score (nSPS) is 22.3. The van der Waals surface area contributed by atoms with E-state index in [0.29, 0.717) is 22.6 Å². The third kappa shape index (κ3) is 4.36. The molecule has 4 heterocycles. The van der Waals surface area contributed by atoms with Crippen molar-refractivity contribution in [2.75, 3.05) is 11.4 Å². The molecule has 1 unspecified atom stereocenters.